The molecule has 2 aliphatic rings. The lowest BCUT2D eigenvalue weighted by atomic mass is 10.0. The van der Waals surface area contributed by atoms with Crippen molar-refractivity contribution in [3.05, 3.63) is 35.9 Å². The Morgan fingerprint density at radius 3 is 2.86 bits per heavy atom. The maximum atomic E-state index is 12.8. The first-order valence-corrected chi connectivity index (χ1v) is 7.94. The van der Waals surface area contributed by atoms with Crippen molar-refractivity contribution >= 4 is 11.8 Å². The molecule has 0 aromatic heterocycles. The number of carbonyl (C=O) groups is 2. The summed E-state index contributed by atoms with van der Waals surface area (Å²) in [4.78, 5) is 26.6. The lowest BCUT2D eigenvalue weighted by Crippen LogP contribution is -2.38. The molecule has 1 heterocycles. The Morgan fingerprint density at radius 2 is 2.14 bits per heavy atom. The van der Waals surface area contributed by atoms with Gasteiger partial charge < -0.3 is 15.0 Å². The van der Waals surface area contributed by atoms with Crippen LogP contribution in [0.5, 0.6) is 0 Å². The van der Waals surface area contributed by atoms with E-state index in [0.29, 0.717) is 26.1 Å². The minimum atomic E-state index is -0.181. The number of ether oxygens (including phenoxy) is 1. The van der Waals surface area contributed by atoms with Gasteiger partial charge in [-0.15, -0.1) is 0 Å². The maximum Gasteiger partial charge on any atom is 0.228 e. The van der Waals surface area contributed by atoms with Gasteiger partial charge in [0.05, 0.1) is 24.5 Å². The minimum Gasteiger partial charge on any atom is -0.378 e. The minimum absolute atomic E-state index is 0.00121. The molecule has 0 radical (unpaired) electrons. The van der Waals surface area contributed by atoms with Gasteiger partial charge in [-0.1, -0.05) is 30.3 Å². The fraction of sp³-hybridized carbons (Fsp3) is 0.529. The van der Waals surface area contributed by atoms with Crippen LogP contribution in [0, 0.1) is 5.92 Å². The summed E-state index contributed by atoms with van der Waals surface area (Å²) in [5, 5.41) is 2.86. The highest BCUT2D eigenvalue weighted by Gasteiger charge is 2.47. The van der Waals surface area contributed by atoms with Crippen molar-refractivity contribution in [2.24, 2.45) is 5.92 Å². The van der Waals surface area contributed by atoms with Crippen LogP contribution in [-0.4, -0.2) is 42.5 Å². The van der Waals surface area contributed by atoms with Gasteiger partial charge in [-0.25, -0.2) is 0 Å². The highest BCUT2D eigenvalue weighted by molar-refractivity contribution is 5.84. The molecule has 0 unspecified atom stereocenters. The molecule has 1 N–H and O–H groups in total. The summed E-state index contributed by atoms with van der Waals surface area (Å²) in [7, 11) is 0. The van der Waals surface area contributed by atoms with Gasteiger partial charge in [0.25, 0.3) is 0 Å². The van der Waals surface area contributed by atoms with E-state index < -0.39 is 0 Å². The fourth-order valence-electron chi connectivity index (χ4n) is 3.11. The Morgan fingerprint density at radius 1 is 1.36 bits per heavy atom. The molecule has 5 nitrogen and oxygen atoms in total. The first-order chi connectivity index (χ1) is 10.7. The highest BCUT2D eigenvalue weighted by Crippen LogP contribution is 2.38. The van der Waals surface area contributed by atoms with Gasteiger partial charge in [0, 0.05) is 19.7 Å². The summed E-state index contributed by atoms with van der Waals surface area (Å²) in [6.45, 7) is 3.65. The number of amides is 2. The Balaban J connectivity index is 1.79. The zero-order chi connectivity index (χ0) is 15.5. The number of rotatable bonds is 4. The Kier molecular flexibility index (Phi) is 4.43. The van der Waals surface area contributed by atoms with E-state index in [1.54, 1.807) is 0 Å². The smallest absolute Gasteiger partial charge is 0.228 e. The molecule has 2 amide bonds. The summed E-state index contributed by atoms with van der Waals surface area (Å²) < 4.78 is 5.54. The summed E-state index contributed by atoms with van der Waals surface area (Å²) >= 11 is 0. The average Bonchev–Trinajstić information content (AvgIpc) is 3.31. The maximum absolute atomic E-state index is 12.8. The predicted molar refractivity (Wildman–Crippen MR) is 82.0 cm³/mol. The molecule has 1 aromatic carbocycles. The third-order valence-corrected chi connectivity index (χ3v) is 4.33. The molecule has 5 heteroatoms. The number of nitrogens with one attached hydrogen (secondary N) is 1. The van der Waals surface area contributed by atoms with Gasteiger partial charge in [0.15, 0.2) is 0 Å². The molecule has 1 aliphatic heterocycles. The van der Waals surface area contributed by atoms with Crippen molar-refractivity contribution < 1.29 is 14.3 Å². The third kappa shape index (κ3) is 3.14. The van der Waals surface area contributed by atoms with Crippen molar-refractivity contribution in [2.75, 3.05) is 19.7 Å². The molecular formula is C17H22N2O3. The van der Waals surface area contributed by atoms with Crippen molar-refractivity contribution in [1.82, 2.24) is 10.2 Å². The van der Waals surface area contributed by atoms with E-state index in [0.717, 1.165) is 12.0 Å². The Bertz CT molecular complexity index is 546. The summed E-state index contributed by atoms with van der Waals surface area (Å²) in [6, 6.07) is 9.62. The molecule has 1 aliphatic carbocycles. The second-order valence-corrected chi connectivity index (χ2v) is 5.85. The highest BCUT2D eigenvalue weighted by atomic mass is 16.5. The van der Waals surface area contributed by atoms with Gasteiger partial charge >= 0.3 is 0 Å². The fourth-order valence-corrected chi connectivity index (χ4v) is 3.11. The van der Waals surface area contributed by atoms with E-state index in [4.69, 9.17) is 4.74 Å². The topological polar surface area (TPSA) is 58.6 Å². The Labute approximate surface area is 130 Å². The molecule has 22 heavy (non-hydrogen) atoms. The first kappa shape index (κ1) is 15.0. The van der Waals surface area contributed by atoms with Crippen LogP contribution in [0.25, 0.3) is 0 Å². The molecule has 118 valence electrons. The number of hydrogen-bond donors (Lipinski definition) is 1. The van der Waals surface area contributed by atoms with E-state index in [-0.39, 0.29) is 29.9 Å². The SMILES string of the molecule is CCO[C@@H]1C[C@@H]1C(=O)N1CCNC(=O)C[C@@H]1c1ccccc1. The van der Waals surface area contributed by atoms with Crippen LogP contribution in [0.2, 0.25) is 0 Å². The molecule has 0 bridgehead atoms. The second kappa shape index (κ2) is 6.48. The van der Waals surface area contributed by atoms with Gasteiger partial charge in [0.1, 0.15) is 0 Å². The monoisotopic (exact) mass is 302 g/mol. The molecule has 1 saturated heterocycles. The number of nitrogens with zero attached hydrogens (tertiary/aromatic N) is 1. The summed E-state index contributed by atoms with van der Waals surface area (Å²) in [6.07, 6.45) is 1.18. The largest absolute Gasteiger partial charge is 0.378 e. The quantitative estimate of drug-likeness (QED) is 0.917. The van der Waals surface area contributed by atoms with Gasteiger partial charge in [-0.2, -0.15) is 0 Å². The van der Waals surface area contributed by atoms with E-state index >= 15 is 0 Å². The zero-order valence-corrected chi connectivity index (χ0v) is 12.8. The molecule has 1 saturated carbocycles. The predicted octanol–water partition coefficient (Wildman–Crippen LogP) is 1.50. The van der Waals surface area contributed by atoms with E-state index in [2.05, 4.69) is 5.32 Å². The van der Waals surface area contributed by atoms with Gasteiger partial charge in [-0.3, -0.25) is 9.59 Å². The van der Waals surface area contributed by atoms with Gasteiger partial charge in [0.2, 0.25) is 11.8 Å². The van der Waals surface area contributed by atoms with E-state index in [9.17, 15) is 9.59 Å². The van der Waals surface area contributed by atoms with Crippen LogP contribution in [-0.2, 0) is 14.3 Å². The van der Waals surface area contributed by atoms with Crippen LogP contribution >= 0.6 is 0 Å². The lowest BCUT2D eigenvalue weighted by molar-refractivity contribution is -0.136. The van der Waals surface area contributed by atoms with Crippen molar-refractivity contribution in [2.45, 2.75) is 31.9 Å². The molecule has 0 spiro atoms. The molecule has 1 aromatic rings. The summed E-state index contributed by atoms with van der Waals surface area (Å²) in [5.41, 5.74) is 1.02. The lowest BCUT2D eigenvalue weighted by Gasteiger charge is -2.29. The Hall–Kier alpha value is -1.88. The van der Waals surface area contributed by atoms with Crippen LogP contribution in [0.15, 0.2) is 30.3 Å². The number of benzene rings is 1. The van der Waals surface area contributed by atoms with Crippen LogP contribution < -0.4 is 5.32 Å². The summed E-state index contributed by atoms with van der Waals surface area (Å²) in [5.74, 6) is 0.0736. The molecule has 3 atom stereocenters. The normalized spacial score (nSPS) is 28.0. The van der Waals surface area contributed by atoms with Crippen LogP contribution in [0.4, 0.5) is 0 Å². The molecule has 3 rings (SSSR count). The standard InChI is InChI=1S/C17H22N2O3/c1-2-22-15-10-13(15)17(21)19-9-8-18-16(20)11-14(19)12-6-4-3-5-7-12/h3-7,13-15H,2,8-11H2,1H3,(H,18,20)/t13-,14+,15+/m0/s1. The third-order valence-electron chi connectivity index (χ3n) is 4.33. The van der Waals surface area contributed by atoms with Crippen molar-refractivity contribution in [3.8, 4) is 0 Å². The zero-order valence-electron chi connectivity index (χ0n) is 12.8. The first-order valence-electron chi connectivity index (χ1n) is 7.94. The van der Waals surface area contributed by atoms with Crippen LogP contribution in [0.3, 0.4) is 0 Å². The van der Waals surface area contributed by atoms with Crippen LogP contribution in [0.1, 0.15) is 31.4 Å². The second-order valence-electron chi connectivity index (χ2n) is 5.85. The number of carbonyl (C=O) groups excluding carboxylic acids is 2. The van der Waals surface area contributed by atoms with E-state index in [1.165, 1.54) is 0 Å². The van der Waals surface area contributed by atoms with Crippen molar-refractivity contribution in [3.63, 3.8) is 0 Å². The molecular weight excluding hydrogens is 280 g/mol. The molecule has 2 fully saturated rings. The average molecular weight is 302 g/mol. The van der Waals surface area contributed by atoms with Crippen molar-refractivity contribution in [1.29, 1.82) is 0 Å². The van der Waals surface area contributed by atoms with E-state index in [1.807, 2.05) is 42.2 Å². The van der Waals surface area contributed by atoms with Gasteiger partial charge in [-0.05, 0) is 18.9 Å². The number of hydrogen-bond acceptors (Lipinski definition) is 3.